The number of rotatable bonds is 4. The monoisotopic (exact) mass is 325 g/mol. The van der Waals surface area contributed by atoms with Crippen LogP contribution in [0, 0.1) is 10.1 Å². The number of esters is 1. The van der Waals surface area contributed by atoms with Gasteiger partial charge in [-0.1, -0.05) is 0 Å². The summed E-state index contributed by atoms with van der Waals surface area (Å²) in [7, 11) is 1.09. The Hall–Kier alpha value is -1.77. The van der Waals surface area contributed by atoms with Crippen molar-refractivity contribution in [3.8, 4) is 5.75 Å². The van der Waals surface area contributed by atoms with E-state index in [-0.39, 0.29) is 10.0 Å². The number of nitro benzene ring substituents is 1. The van der Waals surface area contributed by atoms with Crippen LogP contribution in [0.4, 0.5) is 14.5 Å². The average Bonchev–Trinajstić information content (AvgIpc) is 2.29. The van der Waals surface area contributed by atoms with Gasteiger partial charge in [-0.15, -0.1) is 0 Å². The van der Waals surface area contributed by atoms with Crippen LogP contribution in [-0.2, 0) is 4.74 Å². The quantitative estimate of drug-likeness (QED) is 0.483. The molecule has 1 aromatic carbocycles. The molecule has 0 saturated heterocycles. The number of nitro groups is 1. The van der Waals surface area contributed by atoms with Crippen molar-refractivity contribution in [1.29, 1.82) is 0 Å². The Balaban J connectivity index is 3.39. The normalized spacial score (nSPS) is 10.3. The van der Waals surface area contributed by atoms with Gasteiger partial charge >= 0.3 is 18.3 Å². The van der Waals surface area contributed by atoms with E-state index < -0.39 is 28.9 Å². The first-order valence-electron chi connectivity index (χ1n) is 4.38. The van der Waals surface area contributed by atoms with Crippen LogP contribution in [0.5, 0.6) is 5.75 Å². The summed E-state index contributed by atoms with van der Waals surface area (Å²) in [4.78, 5) is 21.0. The first-order chi connectivity index (χ1) is 8.38. The molecule has 0 aliphatic heterocycles. The van der Waals surface area contributed by atoms with Gasteiger partial charge in [0.2, 0.25) is 5.75 Å². The van der Waals surface area contributed by atoms with Crippen molar-refractivity contribution in [3.05, 3.63) is 32.3 Å². The Morgan fingerprint density at radius 1 is 1.50 bits per heavy atom. The second-order valence-electron chi connectivity index (χ2n) is 2.90. The summed E-state index contributed by atoms with van der Waals surface area (Å²) in [6, 6.07) is 1.96. The predicted octanol–water partition coefficient (Wildman–Crippen LogP) is 2.75. The highest BCUT2D eigenvalue weighted by Gasteiger charge is 2.26. The van der Waals surface area contributed by atoms with E-state index >= 15 is 0 Å². The number of alkyl halides is 2. The number of nitrogens with zero attached hydrogens (tertiary/aromatic N) is 1. The third-order valence-corrected chi connectivity index (χ3v) is 2.67. The number of carbonyl (C=O) groups is 1. The largest absolute Gasteiger partial charge is 0.465 e. The van der Waals surface area contributed by atoms with Crippen LogP contribution in [0.3, 0.4) is 0 Å². The number of methoxy groups -OCH3 is 1. The molecular weight excluding hydrogens is 320 g/mol. The minimum absolute atomic E-state index is 0.154. The molecule has 9 heteroatoms. The van der Waals surface area contributed by atoms with Gasteiger partial charge in [0, 0.05) is 6.07 Å². The standard InChI is InChI=1S/C9H6BrF2NO5/c1-17-8(14)4-2-3-5(13(15)16)7(6(4)10)18-9(11)12/h2-3,9H,1H3. The van der Waals surface area contributed by atoms with E-state index in [9.17, 15) is 23.7 Å². The van der Waals surface area contributed by atoms with Crippen molar-refractivity contribution in [3.63, 3.8) is 0 Å². The second kappa shape index (κ2) is 5.71. The third-order valence-electron chi connectivity index (χ3n) is 1.89. The summed E-state index contributed by atoms with van der Waals surface area (Å²) in [6.07, 6.45) is 0. The molecule has 0 aromatic heterocycles. The smallest absolute Gasteiger partial charge is 0.387 e. The molecule has 0 aliphatic carbocycles. The van der Waals surface area contributed by atoms with Gasteiger partial charge in [-0.25, -0.2) is 4.79 Å². The summed E-state index contributed by atoms with van der Waals surface area (Å²) < 4.78 is 32.5. The van der Waals surface area contributed by atoms with Gasteiger partial charge in [0.25, 0.3) is 0 Å². The van der Waals surface area contributed by atoms with E-state index in [0.29, 0.717) is 0 Å². The highest BCUT2D eigenvalue weighted by atomic mass is 79.9. The highest BCUT2D eigenvalue weighted by molar-refractivity contribution is 9.10. The Morgan fingerprint density at radius 2 is 2.11 bits per heavy atom. The highest BCUT2D eigenvalue weighted by Crippen LogP contribution is 2.38. The average molecular weight is 326 g/mol. The van der Waals surface area contributed by atoms with Gasteiger partial charge in [0.05, 0.1) is 22.1 Å². The van der Waals surface area contributed by atoms with Crippen LogP contribution in [0.25, 0.3) is 0 Å². The maximum Gasteiger partial charge on any atom is 0.387 e. The summed E-state index contributed by atoms with van der Waals surface area (Å²) >= 11 is 2.81. The van der Waals surface area contributed by atoms with Crippen molar-refractivity contribution in [2.45, 2.75) is 6.61 Å². The fourth-order valence-corrected chi connectivity index (χ4v) is 1.75. The molecule has 1 rings (SSSR count). The third kappa shape index (κ3) is 2.92. The van der Waals surface area contributed by atoms with E-state index in [1.165, 1.54) is 0 Å². The van der Waals surface area contributed by atoms with Crippen molar-refractivity contribution in [2.24, 2.45) is 0 Å². The van der Waals surface area contributed by atoms with Crippen LogP contribution in [-0.4, -0.2) is 24.6 Å². The summed E-state index contributed by atoms with van der Waals surface area (Å²) in [5.41, 5.74) is -0.839. The molecule has 0 unspecified atom stereocenters. The molecule has 0 atom stereocenters. The number of ether oxygens (including phenoxy) is 2. The molecule has 0 aliphatic rings. The Bertz CT molecular complexity index is 494. The van der Waals surface area contributed by atoms with Gasteiger partial charge in [-0.3, -0.25) is 10.1 Å². The summed E-state index contributed by atoms with van der Waals surface area (Å²) in [5.74, 6) is -1.56. The van der Waals surface area contributed by atoms with E-state index in [1.807, 2.05) is 0 Å². The Labute approximate surface area is 108 Å². The lowest BCUT2D eigenvalue weighted by Gasteiger charge is -2.10. The lowest BCUT2D eigenvalue weighted by Crippen LogP contribution is -2.09. The van der Waals surface area contributed by atoms with Crippen LogP contribution in [0.1, 0.15) is 10.4 Å². The number of hydrogen-bond donors (Lipinski definition) is 0. The van der Waals surface area contributed by atoms with Crippen molar-refractivity contribution >= 4 is 27.6 Å². The molecule has 1 aromatic rings. The zero-order chi connectivity index (χ0) is 13.9. The molecule has 0 bridgehead atoms. The zero-order valence-corrected chi connectivity index (χ0v) is 10.4. The maximum atomic E-state index is 12.2. The molecular formula is C9H6BrF2NO5. The maximum absolute atomic E-state index is 12.2. The number of benzene rings is 1. The minimum Gasteiger partial charge on any atom is -0.465 e. The predicted molar refractivity (Wildman–Crippen MR) is 58.8 cm³/mol. The van der Waals surface area contributed by atoms with Crippen molar-refractivity contribution in [1.82, 2.24) is 0 Å². The molecule has 0 heterocycles. The summed E-state index contributed by atoms with van der Waals surface area (Å²) in [6.45, 7) is -3.26. The molecule has 0 N–H and O–H groups in total. The van der Waals surface area contributed by atoms with Crippen LogP contribution in [0.15, 0.2) is 16.6 Å². The van der Waals surface area contributed by atoms with Crippen LogP contribution < -0.4 is 4.74 Å². The van der Waals surface area contributed by atoms with Gasteiger partial charge < -0.3 is 9.47 Å². The van der Waals surface area contributed by atoms with Gasteiger partial charge in [-0.2, -0.15) is 8.78 Å². The molecule has 18 heavy (non-hydrogen) atoms. The van der Waals surface area contributed by atoms with Gasteiger partial charge in [-0.05, 0) is 22.0 Å². The van der Waals surface area contributed by atoms with E-state index in [2.05, 4.69) is 25.4 Å². The van der Waals surface area contributed by atoms with Crippen LogP contribution in [0.2, 0.25) is 0 Å². The molecule has 0 radical (unpaired) electrons. The topological polar surface area (TPSA) is 78.7 Å². The van der Waals surface area contributed by atoms with Crippen LogP contribution >= 0.6 is 15.9 Å². The fourth-order valence-electron chi connectivity index (χ4n) is 1.16. The van der Waals surface area contributed by atoms with Gasteiger partial charge in [0.1, 0.15) is 0 Å². The molecule has 0 fully saturated rings. The first-order valence-corrected chi connectivity index (χ1v) is 5.17. The SMILES string of the molecule is COC(=O)c1ccc([N+](=O)[O-])c(OC(F)F)c1Br. The number of carbonyl (C=O) groups excluding carboxylic acids is 1. The molecule has 6 nitrogen and oxygen atoms in total. The van der Waals surface area contributed by atoms with Crippen molar-refractivity contribution < 1.29 is 28.0 Å². The first kappa shape index (κ1) is 14.3. The lowest BCUT2D eigenvalue weighted by molar-refractivity contribution is -0.386. The Kier molecular flexibility index (Phi) is 4.54. The summed E-state index contributed by atoms with van der Waals surface area (Å²) in [5, 5.41) is 10.6. The minimum atomic E-state index is -3.26. The van der Waals surface area contributed by atoms with Gasteiger partial charge in [0.15, 0.2) is 0 Å². The van der Waals surface area contributed by atoms with E-state index in [0.717, 1.165) is 19.2 Å². The number of halogens is 3. The Morgan fingerprint density at radius 3 is 2.56 bits per heavy atom. The zero-order valence-electron chi connectivity index (χ0n) is 8.85. The van der Waals surface area contributed by atoms with E-state index in [4.69, 9.17) is 0 Å². The lowest BCUT2D eigenvalue weighted by atomic mass is 10.2. The molecule has 0 saturated carbocycles. The molecule has 0 amide bonds. The number of hydrogen-bond acceptors (Lipinski definition) is 5. The second-order valence-corrected chi connectivity index (χ2v) is 3.70. The molecule has 98 valence electrons. The fraction of sp³-hybridized carbons (Fsp3) is 0.222. The molecule has 0 spiro atoms. The van der Waals surface area contributed by atoms with E-state index in [1.54, 1.807) is 0 Å². The van der Waals surface area contributed by atoms with Crippen molar-refractivity contribution in [2.75, 3.05) is 7.11 Å².